The highest BCUT2D eigenvalue weighted by molar-refractivity contribution is 7.15. The molecule has 110 valence electrons. The summed E-state index contributed by atoms with van der Waals surface area (Å²) in [6, 6.07) is 10.2. The summed E-state index contributed by atoms with van der Waals surface area (Å²) < 4.78 is 0. The minimum atomic E-state index is -0.395. The summed E-state index contributed by atoms with van der Waals surface area (Å²) in [5, 5.41) is 19.0. The van der Waals surface area contributed by atoms with Crippen molar-refractivity contribution in [3.8, 4) is 0 Å². The summed E-state index contributed by atoms with van der Waals surface area (Å²) in [5.41, 5.74) is 1.56. The molecule has 0 atom stereocenters. The summed E-state index contributed by atoms with van der Waals surface area (Å²) in [7, 11) is 1.55. The first-order valence-electron chi connectivity index (χ1n) is 6.14. The Morgan fingerprint density at radius 1 is 1.19 bits per heavy atom. The number of rotatable bonds is 5. The lowest BCUT2D eigenvalue weighted by molar-refractivity contribution is -0.380. The highest BCUT2D eigenvalue weighted by atomic mass is 32.1. The summed E-state index contributed by atoms with van der Waals surface area (Å²) in [6.45, 7) is 0.515. The largest absolute Gasteiger partial charge is 0.380 e. The summed E-state index contributed by atoms with van der Waals surface area (Å²) in [6.07, 6.45) is 0. The lowest BCUT2D eigenvalue weighted by Gasteiger charge is -2.07. The van der Waals surface area contributed by atoms with Crippen molar-refractivity contribution in [2.24, 2.45) is 0 Å². The molecule has 1 aromatic heterocycles. The molecule has 0 radical (unpaired) electrons. The second kappa shape index (κ2) is 6.71. The molecule has 2 amide bonds. The highest BCUT2D eigenvalue weighted by Crippen LogP contribution is 2.24. The van der Waals surface area contributed by atoms with Gasteiger partial charge in [0.2, 0.25) is 0 Å². The van der Waals surface area contributed by atoms with Crippen LogP contribution in [-0.4, -0.2) is 18.0 Å². The monoisotopic (exact) mass is 306 g/mol. The average Bonchev–Trinajstić information content (AvgIpc) is 2.95. The minimum Gasteiger partial charge on any atom is -0.380 e. The molecule has 2 rings (SSSR count). The Labute approximate surface area is 125 Å². The van der Waals surface area contributed by atoms with E-state index in [1.165, 1.54) is 6.07 Å². The van der Waals surface area contributed by atoms with Crippen molar-refractivity contribution in [1.82, 2.24) is 5.32 Å². The summed E-state index contributed by atoms with van der Waals surface area (Å²) in [4.78, 5) is 22.2. The van der Waals surface area contributed by atoms with E-state index in [9.17, 15) is 14.9 Å². The van der Waals surface area contributed by atoms with Gasteiger partial charge in [0.05, 0.1) is 4.92 Å². The van der Waals surface area contributed by atoms with Crippen LogP contribution in [0.2, 0.25) is 0 Å². The van der Waals surface area contributed by atoms with Crippen molar-refractivity contribution in [1.29, 1.82) is 0 Å². The Hall–Kier alpha value is -2.61. The number of urea groups is 1. The number of anilines is 2. The fraction of sp³-hybridized carbons (Fsp3) is 0.154. The number of thiophene rings is 1. The van der Waals surface area contributed by atoms with E-state index >= 15 is 0 Å². The zero-order valence-corrected chi connectivity index (χ0v) is 12.1. The molecule has 1 heterocycles. The van der Waals surface area contributed by atoms with Gasteiger partial charge in [0.1, 0.15) is 0 Å². The van der Waals surface area contributed by atoms with Crippen LogP contribution in [0.15, 0.2) is 36.4 Å². The Balaban J connectivity index is 1.91. The topological polar surface area (TPSA) is 96.3 Å². The Bertz CT molecular complexity index is 639. The van der Waals surface area contributed by atoms with Gasteiger partial charge in [0.15, 0.2) is 0 Å². The van der Waals surface area contributed by atoms with E-state index in [0.717, 1.165) is 21.9 Å². The maximum atomic E-state index is 11.1. The molecular weight excluding hydrogens is 292 g/mol. The Morgan fingerprint density at radius 2 is 1.86 bits per heavy atom. The Kier molecular flexibility index (Phi) is 4.72. The molecule has 0 spiro atoms. The predicted molar refractivity (Wildman–Crippen MR) is 82.8 cm³/mol. The number of hydrogen-bond acceptors (Lipinski definition) is 5. The van der Waals surface area contributed by atoms with Gasteiger partial charge in [0.25, 0.3) is 0 Å². The predicted octanol–water partition coefficient (Wildman–Crippen LogP) is 3.02. The molecule has 0 unspecified atom stereocenters. The van der Waals surface area contributed by atoms with Crippen molar-refractivity contribution in [3.63, 3.8) is 0 Å². The maximum Gasteiger partial charge on any atom is 0.324 e. The molecule has 0 aliphatic heterocycles. The van der Waals surface area contributed by atoms with Crippen molar-refractivity contribution in [3.05, 3.63) is 51.4 Å². The smallest absolute Gasteiger partial charge is 0.324 e. The van der Waals surface area contributed by atoms with Gasteiger partial charge >= 0.3 is 11.0 Å². The van der Waals surface area contributed by atoms with Gasteiger partial charge in [-0.2, -0.15) is 0 Å². The third kappa shape index (κ3) is 4.18. The first-order valence-corrected chi connectivity index (χ1v) is 6.96. The van der Waals surface area contributed by atoms with E-state index in [-0.39, 0.29) is 11.0 Å². The van der Waals surface area contributed by atoms with Crippen LogP contribution in [-0.2, 0) is 6.54 Å². The number of hydrogen-bond donors (Lipinski definition) is 3. The third-order valence-corrected chi connectivity index (χ3v) is 3.70. The Morgan fingerprint density at radius 3 is 2.43 bits per heavy atom. The molecular formula is C13H14N4O3S. The van der Waals surface area contributed by atoms with Crippen LogP contribution in [0, 0.1) is 10.1 Å². The van der Waals surface area contributed by atoms with Gasteiger partial charge in [-0.1, -0.05) is 11.3 Å². The van der Waals surface area contributed by atoms with Gasteiger partial charge in [-0.15, -0.1) is 0 Å². The number of benzene rings is 1. The molecule has 1 aromatic carbocycles. The van der Waals surface area contributed by atoms with Gasteiger partial charge in [-0.3, -0.25) is 10.1 Å². The van der Waals surface area contributed by atoms with Gasteiger partial charge < -0.3 is 16.0 Å². The van der Waals surface area contributed by atoms with E-state index in [4.69, 9.17) is 0 Å². The molecule has 0 aliphatic rings. The van der Waals surface area contributed by atoms with Crippen LogP contribution in [0.4, 0.5) is 21.2 Å². The molecule has 0 fully saturated rings. The molecule has 0 bridgehead atoms. The van der Waals surface area contributed by atoms with Gasteiger partial charge in [-0.05, 0) is 30.3 Å². The highest BCUT2D eigenvalue weighted by Gasteiger charge is 2.09. The number of nitrogens with one attached hydrogen (secondary N) is 3. The van der Waals surface area contributed by atoms with Crippen LogP contribution < -0.4 is 16.0 Å². The lowest BCUT2D eigenvalue weighted by Crippen LogP contribution is -2.24. The molecule has 0 saturated carbocycles. The zero-order valence-electron chi connectivity index (χ0n) is 11.3. The fourth-order valence-electron chi connectivity index (χ4n) is 1.61. The second-order valence-corrected chi connectivity index (χ2v) is 5.28. The average molecular weight is 306 g/mol. The van der Waals surface area contributed by atoms with Crippen LogP contribution in [0.1, 0.15) is 4.88 Å². The van der Waals surface area contributed by atoms with Gasteiger partial charge in [-0.25, -0.2) is 4.79 Å². The number of nitro groups is 1. The van der Waals surface area contributed by atoms with Crippen LogP contribution in [0.3, 0.4) is 0 Å². The first-order chi connectivity index (χ1) is 10.1. The molecule has 8 heteroatoms. The van der Waals surface area contributed by atoms with E-state index in [2.05, 4.69) is 16.0 Å². The number of carbonyl (C=O) groups is 1. The molecule has 2 aromatic rings. The number of nitrogens with zero attached hydrogens (tertiary/aromatic N) is 1. The third-order valence-electron chi connectivity index (χ3n) is 2.66. The number of carbonyl (C=O) groups excluding carboxylic acids is 1. The van der Waals surface area contributed by atoms with Gasteiger partial charge in [0, 0.05) is 35.9 Å². The normalized spacial score (nSPS) is 9.95. The fourth-order valence-corrected chi connectivity index (χ4v) is 2.37. The summed E-state index contributed by atoms with van der Waals surface area (Å²) in [5.74, 6) is 0. The second-order valence-electron chi connectivity index (χ2n) is 4.13. The van der Waals surface area contributed by atoms with Crippen molar-refractivity contribution < 1.29 is 9.72 Å². The van der Waals surface area contributed by atoms with Crippen LogP contribution in [0.5, 0.6) is 0 Å². The van der Waals surface area contributed by atoms with Crippen molar-refractivity contribution in [2.45, 2.75) is 6.54 Å². The van der Waals surface area contributed by atoms with E-state index in [0.29, 0.717) is 12.2 Å². The standard InChI is InChI=1S/C13H14N4O3S/c1-14-13(18)16-10-4-2-9(3-5-10)15-8-11-6-7-12(21-11)17(19)20/h2-7,15H,8H2,1H3,(H2,14,16,18). The first kappa shape index (κ1) is 14.8. The van der Waals surface area contributed by atoms with Crippen molar-refractivity contribution in [2.75, 3.05) is 17.7 Å². The molecule has 21 heavy (non-hydrogen) atoms. The van der Waals surface area contributed by atoms with E-state index in [1.54, 1.807) is 25.2 Å². The SMILES string of the molecule is CNC(=O)Nc1ccc(NCc2ccc([N+](=O)[O-])s2)cc1. The molecule has 3 N–H and O–H groups in total. The summed E-state index contributed by atoms with van der Waals surface area (Å²) >= 11 is 1.15. The minimum absolute atomic E-state index is 0.136. The van der Waals surface area contributed by atoms with Crippen molar-refractivity contribution >= 4 is 33.7 Å². The van der Waals surface area contributed by atoms with Crippen LogP contribution >= 0.6 is 11.3 Å². The van der Waals surface area contributed by atoms with Crippen LogP contribution in [0.25, 0.3) is 0 Å². The zero-order chi connectivity index (χ0) is 15.2. The van der Waals surface area contributed by atoms with E-state index < -0.39 is 4.92 Å². The quantitative estimate of drug-likeness (QED) is 0.584. The number of amides is 2. The molecule has 0 aliphatic carbocycles. The molecule has 7 nitrogen and oxygen atoms in total. The molecule has 0 saturated heterocycles. The van der Waals surface area contributed by atoms with E-state index in [1.807, 2.05) is 12.1 Å². The maximum absolute atomic E-state index is 11.1. The lowest BCUT2D eigenvalue weighted by atomic mass is 10.3.